The Bertz CT molecular complexity index is 398. The van der Waals surface area contributed by atoms with E-state index in [2.05, 4.69) is 5.32 Å². The maximum absolute atomic E-state index is 12.3. The molecule has 3 heteroatoms. The van der Waals surface area contributed by atoms with Gasteiger partial charge in [0.05, 0.1) is 5.41 Å². The highest BCUT2D eigenvalue weighted by Gasteiger charge is 2.50. The first-order valence-corrected chi connectivity index (χ1v) is 7.24. The van der Waals surface area contributed by atoms with E-state index in [0.717, 1.165) is 50.6 Å². The first-order valence-electron chi connectivity index (χ1n) is 7.24. The molecule has 1 amide bonds. The summed E-state index contributed by atoms with van der Waals surface area (Å²) in [6.45, 7) is 1.02. The monoisotopic (exact) mass is 261 g/mol. The number of benzene rings is 1. The molecule has 0 unspecified atom stereocenters. The number of unbranched alkanes of at least 4 members (excludes halogenated alkanes) is 3. The summed E-state index contributed by atoms with van der Waals surface area (Å²) >= 11 is 0. The zero-order valence-corrected chi connectivity index (χ0v) is 11.4. The van der Waals surface area contributed by atoms with Crippen molar-refractivity contribution >= 4 is 5.91 Å². The standard InChI is InChI=1S/C16H23NO2/c18-13-7-2-1-6-12-17-15(19)16(10-11-16)14-8-4-3-5-9-14/h3-5,8-9,18H,1-2,6-7,10-13H2,(H,17,19). The SMILES string of the molecule is O=C(NCCCCCCO)C1(c2ccccc2)CC1. The first-order chi connectivity index (χ1) is 9.29. The second kappa shape index (κ2) is 6.71. The molecule has 0 spiro atoms. The fourth-order valence-electron chi connectivity index (χ4n) is 2.49. The molecule has 1 aliphatic rings. The molecule has 2 rings (SSSR count). The Hall–Kier alpha value is -1.35. The van der Waals surface area contributed by atoms with Crippen molar-refractivity contribution in [3.8, 4) is 0 Å². The van der Waals surface area contributed by atoms with Crippen LogP contribution in [0.2, 0.25) is 0 Å². The second-order valence-electron chi connectivity index (χ2n) is 5.34. The lowest BCUT2D eigenvalue weighted by atomic mass is 9.95. The average molecular weight is 261 g/mol. The lowest BCUT2D eigenvalue weighted by Gasteiger charge is -2.15. The summed E-state index contributed by atoms with van der Waals surface area (Å²) in [5.74, 6) is 0.181. The van der Waals surface area contributed by atoms with Crippen LogP contribution < -0.4 is 5.32 Å². The average Bonchev–Trinajstić information content (AvgIpc) is 3.25. The van der Waals surface area contributed by atoms with Crippen LogP contribution in [-0.4, -0.2) is 24.2 Å². The number of aliphatic hydroxyl groups excluding tert-OH is 1. The largest absolute Gasteiger partial charge is 0.396 e. The molecule has 1 aromatic rings. The van der Waals surface area contributed by atoms with Crippen molar-refractivity contribution in [3.05, 3.63) is 35.9 Å². The number of nitrogens with one attached hydrogen (secondary N) is 1. The van der Waals surface area contributed by atoms with Crippen molar-refractivity contribution in [1.82, 2.24) is 5.32 Å². The molecule has 0 saturated heterocycles. The zero-order valence-electron chi connectivity index (χ0n) is 11.4. The third-order valence-electron chi connectivity index (χ3n) is 3.88. The number of carbonyl (C=O) groups is 1. The van der Waals surface area contributed by atoms with Crippen LogP contribution in [-0.2, 0) is 10.2 Å². The van der Waals surface area contributed by atoms with Crippen LogP contribution in [0.1, 0.15) is 44.1 Å². The van der Waals surface area contributed by atoms with Crippen molar-refractivity contribution in [2.75, 3.05) is 13.2 Å². The summed E-state index contributed by atoms with van der Waals surface area (Å²) in [5, 5.41) is 11.7. The molecular formula is C16H23NO2. The minimum atomic E-state index is -0.244. The number of aliphatic hydroxyl groups is 1. The van der Waals surface area contributed by atoms with Crippen LogP contribution in [0.4, 0.5) is 0 Å². The summed E-state index contributed by atoms with van der Waals surface area (Å²) < 4.78 is 0. The molecule has 1 fully saturated rings. The Balaban J connectivity index is 1.75. The van der Waals surface area contributed by atoms with Crippen LogP contribution >= 0.6 is 0 Å². The Kier molecular flexibility index (Phi) is 4.97. The fourth-order valence-corrected chi connectivity index (χ4v) is 2.49. The highest BCUT2D eigenvalue weighted by atomic mass is 16.2. The van der Waals surface area contributed by atoms with Crippen LogP contribution in [0.3, 0.4) is 0 Å². The van der Waals surface area contributed by atoms with E-state index in [-0.39, 0.29) is 17.9 Å². The van der Waals surface area contributed by atoms with Gasteiger partial charge < -0.3 is 10.4 Å². The van der Waals surface area contributed by atoms with Crippen LogP contribution in [0.25, 0.3) is 0 Å². The minimum absolute atomic E-state index is 0.181. The quantitative estimate of drug-likeness (QED) is 0.706. The molecule has 0 atom stereocenters. The molecule has 0 aliphatic heterocycles. The summed E-state index contributed by atoms with van der Waals surface area (Å²) in [6, 6.07) is 10.1. The van der Waals surface area contributed by atoms with Gasteiger partial charge in [-0.15, -0.1) is 0 Å². The lowest BCUT2D eigenvalue weighted by molar-refractivity contribution is -0.123. The van der Waals surface area contributed by atoms with Crippen LogP contribution in [0.5, 0.6) is 0 Å². The maximum atomic E-state index is 12.3. The smallest absolute Gasteiger partial charge is 0.230 e. The molecule has 19 heavy (non-hydrogen) atoms. The van der Waals surface area contributed by atoms with Crippen molar-refractivity contribution in [3.63, 3.8) is 0 Å². The van der Waals surface area contributed by atoms with E-state index >= 15 is 0 Å². The summed E-state index contributed by atoms with van der Waals surface area (Å²) in [5.41, 5.74) is 0.902. The zero-order chi connectivity index (χ0) is 13.6. The van der Waals surface area contributed by atoms with E-state index in [1.165, 1.54) is 0 Å². The summed E-state index contributed by atoms with van der Waals surface area (Å²) in [7, 11) is 0. The third-order valence-corrected chi connectivity index (χ3v) is 3.88. The Morgan fingerprint density at radius 2 is 1.79 bits per heavy atom. The van der Waals surface area contributed by atoms with E-state index in [9.17, 15) is 4.79 Å². The third kappa shape index (κ3) is 3.57. The highest BCUT2D eigenvalue weighted by molar-refractivity contribution is 5.91. The minimum Gasteiger partial charge on any atom is -0.396 e. The van der Waals surface area contributed by atoms with Gasteiger partial charge in [0.2, 0.25) is 5.91 Å². The predicted molar refractivity (Wildman–Crippen MR) is 75.9 cm³/mol. The Morgan fingerprint density at radius 1 is 1.11 bits per heavy atom. The van der Waals surface area contributed by atoms with E-state index < -0.39 is 0 Å². The van der Waals surface area contributed by atoms with Crippen molar-refractivity contribution in [1.29, 1.82) is 0 Å². The lowest BCUT2D eigenvalue weighted by Crippen LogP contribution is -2.35. The van der Waals surface area contributed by atoms with Crippen LogP contribution in [0.15, 0.2) is 30.3 Å². The number of amides is 1. The van der Waals surface area contributed by atoms with E-state index in [0.29, 0.717) is 0 Å². The van der Waals surface area contributed by atoms with Gasteiger partial charge in [-0.25, -0.2) is 0 Å². The normalized spacial score (nSPS) is 16.1. The molecule has 0 aromatic heterocycles. The molecule has 2 N–H and O–H groups in total. The number of rotatable bonds is 8. The molecule has 3 nitrogen and oxygen atoms in total. The molecule has 0 heterocycles. The second-order valence-corrected chi connectivity index (χ2v) is 5.34. The van der Waals surface area contributed by atoms with Crippen molar-refractivity contribution < 1.29 is 9.90 Å². The Labute approximate surface area is 115 Å². The first kappa shape index (κ1) is 14.1. The summed E-state index contributed by atoms with van der Waals surface area (Å²) in [6.07, 6.45) is 5.90. The molecule has 0 bridgehead atoms. The maximum Gasteiger partial charge on any atom is 0.230 e. The number of hydrogen-bond acceptors (Lipinski definition) is 2. The molecule has 104 valence electrons. The fraction of sp³-hybridized carbons (Fsp3) is 0.562. The van der Waals surface area contributed by atoms with Gasteiger partial charge in [-0.2, -0.15) is 0 Å². The van der Waals surface area contributed by atoms with Gasteiger partial charge in [0, 0.05) is 13.2 Å². The van der Waals surface area contributed by atoms with E-state index in [1.807, 2.05) is 30.3 Å². The summed E-state index contributed by atoms with van der Waals surface area (Å²) in [4.78, 5) is 12.3. The predicted octanol–water partition coefficient (Wildman–Crippen LogP) is 2.39. The van der Waals surface area contributed by atoms with Crippen molar-refractivity contribution in [2.24, 2.45) is 0 Å². The van der Waals surface area contributed by atoms with Gasteiger partial charge in [-0.3, -0.25) is 4.79 Å². The molecule has 1 aliphatic carbocycles. The number of hydrogen-bond donors (Lipinski definition) is 2. The Morgan fingerprint density at radius 3 is 2.42 bits per heavy atom. The van der Waals surface area contributed by atoms with Crippen molar-refractivity contribution in [2.45, 2.75) is 43.9 Å². The van der Waals surface area contributed by atoms with Gasteiger partial charge in [-0.1, -0.05) is 43.2 Å². The number of carbonyl (C=O) groups excluding carboxylic acids is 1. The molecule has 1 aromatic carbocycles. The molecule has 1 saturated carbocycles. The molecular weight excluding hydrogens is 238 g/mol. The van der Waals surface area contributed by atoms with Gasteiger partial charge in [0.15, 0.2) is 0 Å². The van der Waals surface area contributed by atoms with Gasteiger partial charge in [-0.05, 0) is 31.2 Å². The molecule has 0 radical (unpaired) electrons. The van der Waals surface area contributed by atoms with Crippen LogP contribution in [0, 0.1) is 0 Å². The van der Waals surface area contributed by atoms with Gasteiger partial charge >= 0.3 is 0 Å². The topological polar surface area (TPSA) is 49.3 Å². The van der Waals surface area contributed by atoms with Gasteiger partial charge in [0.1, 0.15) is 0 Å². The highest BCUT2D eigenvalue weighted by Crippen LogP contribution is 2.48. The van der Waals surface area contributed by atoms with Gasteiger partial charge in [0.25, 0.3) is 0 Å². The van der Waals surface area contributed by atoms with E-state index in [4.69, 9.17) is 5.11 Å². The van der Waals surface area contributed by atoms with E-state index in [1.54, 1.807) is 0 Å².